The lowest BCUT2D eigenvalue weighted by atomic mass is 10.1. The van der Waals surface area contributed by atoms with Crippen LogP contribution in [0.3, 0.4) is 0 Å². The minimum Gasteiger partial charge on any atom is -0.346 e. The second kappa shape index (κ2) is 5.88. The van der Waals surface area contributed by atoms with E-state index in [2.05, 4.69) is 52.5 Å². The van der Waals surface area contributed by atoms with Crippen molar-refractivity contribution < 1.29 is 0 Å². The molecule has 0 saturated carbocycles. The Hall–Kier alpha value is -2.13. The number of aryl methyl sites for hydroxylation is 1. The summed E-state index contributed by atoms with van der Waals surface area (Å²) in [6.45, 7) is 4.02. The summed E-state index contributed by atoms with van der Waals surface area (Å²) < 4.78 is 0. The maximum Gasteiger partial charge on any atom is 0.137 e. The van der Waals surface area contributed by atoms with E-state index in [-0.39, 0.29) is 0 Å². The van der Waals surface area contributed by atoms with E-state index in [0.29, 0.717) is 0 Å². The van der Waals surface area contributed by atoms with Crippen molar-refractivity contribution in [1.82, 2.24) is 15.3 Å². The Kier molecular flexibility index (Phi) is 3.79. The van der Waals surface area contributed by atoms with Gasteiger partial charge in [0, 0.05) is 24.3 Å². The zero-order valence-corrected chi connectivity index (χ0v) is 11.7. The number of hydrogen-bond acceptors (Lipinski definition) is 2. The summed E-state index contributed by atoms with van der Waals surface area (Å²) in [7, 11) is 0. The molecule has 3 heteroatoms. The molecule has 0 atom stereocenters. The summed E-state index contributed by atoms with van der Waals surface area (Å²) in [5.41, 5.74) is 5.02. The molecule has 0 spiro atoms. The summed E-state index contributed by atoms with van der Waals surface area (Å²) in [4.78, 5) is 7.51. The van der Waals surface area contributed by atoms with Crippen LogP contribution in [0.25, 0.3) is 11.0 Å². The third kappa shape index (κ3) is 2.73. The minimum atomic E-state index is 0.873. The number of hydrogen-bond donors (Lipinski definition) is 2. The second-order valence-electron chi connectivity index (χ2n) is 5.07. The van der Waals surface area contributed by atoms with E-state index in [1.54, 1.807) is 0 Å². The Bertz CT molecular complexity index is 700. The summed E-state index contributed by atoms with van der Waals surface area (Å²) in [6, 6.07) is 12.6. The van der Waals surface area contributed by atoms with Crippen molar-refractivity contribution in [3.63, 3.8) is 0 Å². The molecule has 2 aromatic heterocycles. The van der Waals surface area contributed by atoms with Crippen molar-refractivity contribution >= 4 is 11.0 Å². The van der Waals surface area contributed by atoms with Gasteiger partial charge in [0.25, 0.3) is 0 Å². The van der Waals surface area contributed by atoms with Gasteiger partial charge in [0.2, 0.25) is 0 Å². The molecule has 2 N–H and O–H groups in total. The second-order valence-corrected chi connectivity index (χ2v) is 5.07. The highest BCUT2D eigenvalue weighted by molar-refractivity contribution is 5.79. The van der Waals surface area contributed by atoms with Gasteiger partial charge in [-0.15, -0.1) is 0 Å². The van der Waals surface area contributed by atoms with Crippen LogP contribution in [0.15, 0.2) is 48.8 Å². The molecule has 0 saturated heterocycles. The van der Waals surface area contributed by atoms with Crippen molar-refractivity contribution in [3.05, 3.63) is 65.5 Å². The van der Waals surface area contributed by atoms with Crippen LogP contribution in [-0.2, 0) is 13.0 Å². The maximum atomic E-state index is 4.31. The maximum absolute atomic E-state index is 4.31. The zero-order valence-electron chi connectivity index (χ0n) is 11.7. The fraction of sp³-hybridized carbons (Fsp3) is 0.235. The van der Waals surface area contributed by atoms with Gasteiger partial charge in [-0.2, -0.15) is 0 Å². The van der Waals surface area contributed by atoms with Gasteiger partial charge in [-0.25, -0.2) is 4.98 Å². The van der Waals surface area contributed by atoms with Crippen molar-refractivity contribution in [2.75, 3.05) is 6.54 Å². The number of nitrogens with zero attached hydrogens (tertiary/aromatic N) is 1. The Balaban J connectivity index is 1.57. The van der Waals surface area contributed by atoms with Crippen LogP contribution in [0.5, 0.6) is 0 Å². The quantitative estimate of drug-likeness (QED) is 0.695. The number of H-pyrrole nitrogens is 1. The highest BCUT2D eigenvalue weighted by atomic mass is 14.9. The van der Waals surface area contributed by atoms with Gasteiger partial charge < -0.3 is 10.3 Å². The van der Waals surface area contributed by atoms with Gasteiger partial charge in [-0.05, 0) is 48.7 Å². The Morgan fingerprint density at radius 1 is 1.10 bits per heavy atom. The average molecular weight is 265 g/mol. The molecule has 102 valence electrons. The fourth-order valence-corrected chi connectivity index (χ4v) is 2.50. The predicted molar refractivity (Wildman–Crippen MR) is 82.7 cm³/mol. The van der Waals surface area contributed by atoms with Gasteiger partial charge >= 0.3 is 0 Å². The molecule has 0 bridgehead atoms. The lowest BCUT2D eigenvalue weighted by Gasteiger charge is -2.06. The first-order chi connectivity index (χ1) is 9.84. The standard InChI is InChI=1S/C17H19N3/c1-13-5-2-3-6-14(13)8-10-18-11-15-12-20-17-16(15)7-4-9-19-17/h2-7,9,12,18H,8,10-11H2,1H3,(H,19,20). The topological polar surface area (TPSA) is 40.7 Å². The highest BCUT2D eigenvalue weighted by Crippen LogP contribution is 2.15. The Labute approximate surface area is 119 Å². The van der Waals surface area contributed by atoms with Crippen LogP contribution >= 0.6 is 0 Å². The molecule has 2 heterocycles. The van der Waals surface area contributed by atoms with Crippen LogP contribution in [0.2, 0.25) is 0 Å². The zero-order chi connectivity index (χ0) is 13.8. The van der Waals surface area contributed by atoms with E-state index in [1.165, 1.54) is 22.1 Å². The monoisotopic (exact) mass is 265 g/mol. The molecule has 0 aliphatic rings. The fourth-order valence-electron chi connectivity index (χ4n) is 2.50. The molecule has 3 rings (SSSR count). The number of nitrogens with one attached hydrogen (secondary N) is 2. The summed E-state index contributed by atoms with van der Waals surface area (Å²) in [5.74, 6) is 0. The predicted octanol–water partition coefficient (Wildman–Crippen LogP) is 3.20. The lowest BCUT2D eigenvalue weighted by molar-refractivity contribution is 0.688. The molecular weight excluding hydrogens is 246 g/mol. The van der Waals surface area contributed by atoms with E-state index < -0.39 is 0 Å². The van der Waals surface area contributed by atoms with Crippen LogP contribution in [0, 0.1) is 6.92 Å². The summed E-state index contributed by atoms with van der Waals surface area (Å²) in [5, 5.41) is 4.71. The molecule has 3 aromatic rings. The molecule has 0 aliphatic heterocycles. The number of benzene rings is 1. The molecule has 0 fully saturated rings. The van der Waals surface area contributed by atoms with E-state index in [9.17, 15) is 0 Å². The SMILES string of the molecule is Cc1ccccc1CCNCc1c[nH]c2ncccc12. The summed E-state index contributed by atoms with van der Waals surface area (Å²) in [6.07, 6.45) is 4.92. The van der Waals surface area contributed by atoms with Crippen molar-refractivity contribution in [3.8, 4) is 0 Å². The van der Waals surface area contributed by atoms with E-state index >= 15 is 0 Å². The third-order valence-electron chi connectivity index (χ3n) is 3.68. The van der Waals surface area contributed by atoms with Gasteiger partial charge in [0.05, 0.1) is 0 Å². The van der Waals surface area contributed by atoms with Crippen LogP contribution in [0.4, 0.5) is 0 Å². The smallest absolute Gasteiger partial charge is 0.137 e. The molecule has 20 heavy (non-hydrogen) atoms. The van der Waals surface area contributed by atoms with Crippen LogP contribution in [0.1, 0.15) is 16.7 Å². The Morgan fingerprint density at radius 3 is 2.90 bits per heavy atom. The van der Waals surface area contributed by atoms with E-state index in [1.807, 2.05) is 18.5 Å². The first kappa shape index (κ1) is 12.9. The van der Waals surface area contributed by atoms with E-state index in [4.69, 9.17) is 0 Å². The Morgan fingerprint density at radius 2 is 2.00 bits per heavy atom. The first-order valence-corrected chi connectivity index (χ1v) is 7.01. The molecule has 0 radical (unpaired) electrons. The number of fused-ring (bicyclic) bond motifs is 1. The molecule has 3 nitrogen and oxygen atoms in total. The van der Waals surface area contributed by atoms with E-state index in [0.717, 1.165) is 25.2 Å². The molecule has 0 aliphatic carbocycles. The van der Waals surface area contributed by atoms with Gasteiger partial charge in [0.1, 0.15) is 5.65 Å². The minimum absolute atomic E-state index is 0.873. The number of aromatic nitrogens is 2. The molecule has 1 aromatic carbocycles. The average Bonchev–Trinajstić information content (AvgIpc) is 2.89. The lowest BCUT2D eigenvalue weighted by Crippen LogP contribution is -2.16. The highest BCUT2D eigenvalue weighted by Gasteiger charge is 2.03. The van der Waals surface area contributed by atoms with Crippen molar-refractivity contribution in [1.29, 1.82) is 0 Å². The number of pyridine rings is 1. The largest absolute Gasteiger partial charge is 0.346 e. The number of rotatable bonds is 5. The van der Waals surface area contributed by atoms with Gasteiger partial charge in [-0.3, -0.25) is 0 Å². The molecular formula is C17H19N3. The van der Waals surface area contributed by atoms with Crippen molar-refractivity contribution in [2.45, 2.75) is 19.9 Å². The van der Waals surface area contributed by atoms with Crippen LogP contribution < -0.4 is 5.32 Å². The van der Waals surface area contributed by atoms with Crippen molar-refractivity contribution in [2.24, 2.45) is 0 Å². The third-order valence-corrected chi connectivity index (χ3v) is 3.68. The molecule has 0 amide bonds. The van der Waals surface area contributed by atoms with Crippen LogP contribution in [-0.4, -0.2) is 16.5 Å². The summed E-state index contributed by atoms with van der Waals surface area (Å²) >= 11 is 0. The number of aromatic amines is 1. The first-order valence-electron chi connectivity index (χ1n) is 7.01. The normalized spacial score (nSPS) is 11.1. The van der Waals surface area contributed by atoms with Gasteiger partial charge in [-0.1, -0.05) is 24.3 Å². The van der Waals surface area contributed by atoms with Gasteiger partial charge in [0.15, 0.2) is 0 Å². The molecule has 0 unspecified atom stereocenters.